The molecule has 4 nitrogen and oxygen atoms in total. The molecule has 0 saturated heterocycles. The fourth-order valence-corrected chi connectivity index (χ4v) is 0.911. The fourth-order valence-electron chi connectivity index (χ4n) is 0.911. The Bertz CT molecular complexity index is 300. The van der Waals surface area contributed by atoms with Crippen LogP contribution in [0, 0.1) is 11.5 Å². The molecular weight excluding hydrogens is 152 g/mol. The number of aromatic nitrogens is 1. The molecule has 0 bridgehead atoms. The van der Waals surface area contributed by atoms with E-state index in [-0.39, 0.29) is 0 Å². The molecule has 1 N–H and O–H groups in total. The lowest BCUT2D eigenvalue weighted by Gasteiger charge is -2.13. The number of anilines is 2. The lowest BCUT2D eigenvalue weighted by Crippen LogP contribution is -2.12. The molecule has 1 heterocycles. The van der Waals surface area contributed by atoms with Crippen LogP contribution in [0.4, 0.5) is 11.5 Å². The fraction of sp³-hybridized carbons (Fsp3) is 0.250. The zero-order valence-corrected chi connectivity index (χ0v) is 7.07. The number of nitriles is 1. The van der Waals surface area contributed by atoms with Crippen molar-refractivity contribution in [1.82, 2.24) is 4.98 Å². The summed E-state index contributed by atoms with van der Waals surface area (Å²) in [5.74, 6) is 0.763. The van der Waals surface area contributed by atoms with E-state index in [9.17, 15) is 0 Å². The van der Waals surface area contributed by atoms with E-state index in [2.05, 4.69) is 10.3 Å². The van der Waals surface area contributed by atoms with E-state index in [0.717, 1.165) is 11.5 Å². The van der Waals surface area contributed by atoms with Gasteiger partial charge in [0.2, 0.25) is 0 Å². The summed E-state index contributed by atoms with van der Waals surface area (Å²) in [6.45, 7) is 0. The van der Waals surface area contributed by atoms with Gasteiger partial charge in [0.25, 0.3) is 0 Å². The minimum atomic E-state index is 0.727. The molecule has 0 unspecified atom stereocenters. The van der Waals surface area contributed by atoms with Crippen LogP contribution in [-0.2, 0) is 0 Å². The van der Waals surface area contributed by atoms with Gasteiger partial charge in [-0.25, -0.2) is 4.98 Å². The smallest absolute Gasteiger partial charge is 0.181 e. The predicted molar refractivity (Wildman–Crippen MR) is 47.8 cm³/mol. The Kier molecular flexibility index (Phi) is 2.49. The third-order valence-corrected chi connectivity index (χ3v) is 1.40. The first kappa shape index (κ1) is 8.34. The number of hydrogen-bond donors (Lipinski definition) is 1. The van der Waals surface area contributed by atoms with Crippen molar-refractivity contribution in [1.29, 1.82) is 5.26 Å². The first-order valence-corrected chi connectivity index (χ1v) is 3.53. The van der Waals surface area contributed by atoms with Crippen molar-refractivity contribution in [2.24, 2.45) is 0 Å². The van der Waals surface area contributed by atoms with Gasteiger partial charge in [-0.15, -0.1) is 0 Å². The third-order valence-electron chi connectivity index (χ3n) is 1.40. The maximum atomic E-state index is 8.42. The summed E-state index contributed by atoms with van der Waals surface area (Å²) in [4.78, 5) is 5.96. The van der Waals surface area contributed by atoms with Crippen LogP contribution in [0.2, 0.25) is 0 Å². The second-order valence-electron chi connectivity index (χ2n) is 2.51. The highest BCUT2D eigenvalue weighted by atomic mass is 15.2. The van der Waals surface area contributed by atoms with Gasteiger partial charge in [-0.05, 0) is 12.1 Å². The topological polar surface area (TPSA) is 52.0 Å². The minimum absolute atomic E-state index is 0.727. The molecule has 0 atom stereocenters. The number of nitrogens with one attached hydrogen (secondary N) is 1. The molecule has 0 saturated carbocycles. The van der Waals surface area contributed by atoms with Gasteiger partial charge in [0.1, 0.15) is 0 Å². The van der Waals surface area contributed by atoms with Gasteiger partial charge in [0.05, 0.1) is 5.69 Å². The van der Waals surface area contributed by atoms with Gasteiger partial charge < -0.3 is 4.90 Å². The van der Waals surface area contributed by atoms with Gasteiger partial charge in [0.15, 0.2) is 12.0 Å². The first-order valence-electron chi connectivity index (χ1n) is 3.53. The zero-order chi connectivity index (χ0) is 8.97. The van der Waals surface area contributed by atoms with Crippen LogP contribution < -0.4 is 10.2 Å². The number of rotatable bonds is 2. The average molecular weight is 162 g/mol. The SMILES string of the molecule is CN(C)c1ncccc1NC#N. The van der Waals surface area contributed by atoms with Crippen molar-refractivity contribution >= 4 is 11.5 Å². The van der Waals surface area contributed by atoms with E-state index in [1.807, 2.05) is 31.3 Å². The van der Waals surface area contributed by atoms with Crippen LogP contribution in [0.5, 0.6) is 0 Å². The summed E-state index contributed by atoms with van der Waals surface area (Å²) in [7, 11) is 3.76. The molecule has 0 amide bonds. The van der Waals surface area contributed by atoms with Gasteiger partial charge >= 0.3 is 0 Å². The van der Waals surface area contributed by atoms with Crippen molar-refractivity contribution in [2.75, 3.05) is 24.3 Å². The molecule has 0 aliphatic carbocycles. The molecular formula is C8H10N4. The van der Waals surface area contributed by atoms with Crippen LogP contribution in [0.15, 0.2) is 18.3 Å². The van der Waals surface area contributed by atoms with Crippen molar-refractivity contribution in [3.63, 3.8) is 0 Å². The van der Waals surface area contributed by atoms with Crippen molar-refractivity contribution in [3.8, 4) is 6.19 Å². The number of pyridine rings is 1. The molecule has 0 spiro atoms. The summed E-state index contributed by atoms with van der Waals surface area (Å²) in [6, 6.07) is 3.60. The summed E-state index contributed by atoms with van der Waals surface area (Å²) >= 11 is 0. The first-order chi connectivity index (χ1) is 5.75. The van der Waals surface area contributed by atoms with Gasteiger partial charge in [-0.1, -0.05) is 0 Å². The zero-order valence-electron chi connectivity index (χ0n) is 7.07. The van der Waals surface area contributed by atoms with E-state index in [4.69, 9.17) is 5.26 Å². The summed E-state index contributed by atoms with van der Waals surface area (Å²) in [5, 5.41) is 11.0. The molecule has 1 rings (SSSR count). The molecule has 4 heteroatoms. The highest BCUT2D eigenvalue weighted by molar-refractivity contribution is 5.66. The Hall–Kier alpha value is -1.76. The Labute approximate surface area is 71.4 Å². The molecule has 0 fully saturated rings. The number of hydrogen-bond acceptors (Lipinski definition) is 4. The van der Waals surface area contributed by atoms with Gasteiger partial charge in [-0.3, -0.25) is 5.32 Å². The van der Waals surface area contributed by atoms with E-state index < -0.39 is 0 Å². The lowest BCUT2D eigenvalue weighted by atomic mass is 10.4. The molecule has 0 aromatic carbocycles. The van der Waals surface area contributed by atoms with Crippen LogP contribution >= 0.6 is 0 Å². The second-order valence-corrected chi connectivity index (χ2v) is 2.51. The van der Waals surface area contributed by atoms with Gasteiger partial charge in [0, 0.05) is 20.3 Å². The molecule has 0 radical (unpaired) electrons. The van der Waals surface area contributed by atoms with E-state index in [1.165, 1.54) is 0 Å². The van der Waals surface area contributed by atoms with Crippen LogP contribution in [-0.4, -0.2) is 19.1 Å². The average Bonchev–Trinajstić information content (AvgIpc) is 2.05. The highest BCUT2D eigenvalue weighted by Gasteiger charge is 2.02. The standard InChI is InChI=1S/C8H10N4/c1-12(2)8-7(11-6-9)4-3-5-10-8/h3-5,11H,1-2H3. The van der Waals surface area contributed by atoms with Crippen LogP contribution in [0.1, 0.15) is 0 Å². The van der Waals surface area contributed by atoms with Crippen molar-refractivity contribution in [2.45, 2.75) is 0 Å². The van der Waals surface area contributed by atoms with E-state index >= 15 is 0 Å². The summed E-state index contributed by atoms with van der Waals surface area (Å²) < 4.78 is 0. The lowest BCUT2D eigenvalue weighted by molar-refractivity contribution is 1.07. The Balaban J connectivity index is 3.02. The van der Waals surface area contributed by atoms with Crippen LogP contribution in [0.25, 0.3) is 0 Å². The molecule has 0 aliphatic rings. The van der Waals surface area contributed by atoms with Crippen LogP contribution in [0.3, 0.4) is 0 Å². The normalized spacial score (nSPS) is 8.75. The number of nitrogens with zero attached hydrogens (tertiary/aromatic N) is 3. The van der Waals surface area contributed by atoms with E-state index in [0.29, 0.717) is 0 Å². The maximum absolute atomic E-state index is 8.42. The van der Waals surface area contributed by atoms with Crippen molar-refractivity contribution in [3.05, 3.63) is 18.3 Å². The summed E-state index contributed by atoms with van der Waals surface area (Å²) in [6.07, 6.45) is 3.55. The molecule has 1 aromatic heterocycles. The monoisotopic (exact) mass is 162 g/mol. The van der Waals surface area contributed by atoms with Gasteiger partial charge in [-0.2, -0.15) is 5.26 Å². The second kappa shape index (κ2) is 3.58. The van der Waals surface area contributed by atoms with E-state index in [1.54, 1.807) is 12.3 Å². The molecule has 12 heavy (non-hydrogen) atoms. The molecule has 62 valence electrons. The molecule has 1 aromatic rings. The quantitative estimate of drug-likeness (QED) is 0.521. The minimum Gasteiger partial charge on any atom is -0.361 e. The third kappa shape index (κ3) is 1.64. The predicted octanol–water partition coefficient (Wildman–Crippen LogP) is 1.04. The Morgan fingerprint density at radius 3 is 2.92 bits per heavy atom. The largest absolute Gasteiger partial charge is 0.361 e. The Morgan fingerprint density at radius 2 is 2.33 bits per heavy atom. The van der Waals surface area contributed by atoms with Crippen molar-refractivity contribution < 1.29 is 0 Å². The maximum Gasteiger partial charge on any atom is 0.181 e. The highest BCUT2D eigenvalue weighted by Crippen LogP contribution is 2.19. The Morgan fingerprint density at radius 1 is 1.58 bits per heavy atom. The molecule has 0 aliphatic heterocycles. The summed E-state index contributed by atoms with van der Waals surface area (Å²) in [5.41, 5.74) is 0.727.